The van der Waals surface area contributed by atoms with E-state index in [4.69, 9.17) is 11.6 Å². The number of carboxylic acids is 1. The summed E-state index contributed by atoms with van der Waals surface area (Å²) in [5.74, 6) is -1.17. The molecule has 0 spiro atoms. The molecule has 1 aliphatic rings. The van der Waals surface area contributed by atoms with E-state index in [9.17, 15) is 20.0 Å². The molecule has 0 atom stereocenters. The van der Waals surface area contributed by atoms with Crippen molar-refractivity contribution < 1.29 is 14.7 Å². The van der Waals surface area contributed by atoms with Gasteiger partial charge in [-0.15, -0.1) is 11.3 Å². The van der Waals surface area contributed by atoms with E-state index < -0.39 is 12.0 Å². The summed E-state index contributed by atoms with van der Waals surface area (Å²) in [5, 5.41) is 22.2. The standard InChI is InChI=1S/C16H7ClN4O3S/c17-8-3-1-2-4-9(8)21-12-7(5-18)6-19-14-10(12)11(20-16(21)24)13(25-14)15(22)23/h1-4,6H,(H,20,24)(H,22,23). The highest BCUT2D eigenvalue weighted by Crippen LogP contribution is 2.48. The fourth-order valence-electron chi connectivity index (χ4n) is 2.76. The number of thiophene rings is 1. The predicted molar refractivity (Wildman–Crippen MR) is 93.9 cm³/mol. The maximum absolute atomic E-state index is 12.7. The van der Waals surface area contributed by atoms with Gasteiger partial charge in [0.15, 0.2) is 0 Å². The number of carboxylic acid groups (broad SMARTS) is 1. The summed E-state index contributed by atoms with van der Waals surface area (Å²) in [6.07, 6.45) is 1.33. The van der Waals surface area contributed by atoms with Crippen molar-refractivity contribution >= 4 is 62.2 Å². The Hall–Kier alpha value is -3.15. The second-order valence-electron chi connectivity index (χ2n) is 5.14. The molecule has 3 aromatic rings. The Bertz CT molecular complexity index is 1120. The molecule has 4 rings (SSSR count). The van der Waals surface area contributed by atoms with E-state index in [-0.39, 0.29) is 21.8 Å². The first-order valence-electron chi connectivity index (χ1n) is 6.97. The van der Waals surface area contributed by atoms with Crippen molar-refractivity contribution in [2.45, 2.75) is 0 Å². The van der Waals surface area contributed by atoms with Crippen LogP contribution in [0.1, 0.15) is 15.2 Å². The molecule has 1 aromatic carbocycles. The summed E-state index contributed by atoms with van der Waals surface area (Å²) in [5.41, 5.74) is 0.973. The van der Waals surface area contributed by atoms with E-state index in [1.165, 1.54) is 11.1 Å². The Morgan fingerprint density at radius 2 is 2.16 bits per heavy atom. The molecule has 0 unspecified atom stereocenters. The number of aromatic carboxylic acids is 1. The Kier molecular flexibility index (Phi) is 3.35. The summed E-state index contributed by atoms with van der Waals surface area (Å²) in [4.78, 5) is 30.0. The van der Waals surface area contributed by atoms with Crippen LogP contribution in [0.25, 0.3) is 10.2 Å². The van der Waals surface area contributed by atoms with Crippen LogP contribution in [-0.2, 0) is 0 Å². The van der Waals surface area contributed by atoms with Crippen LogP contribution < -0.4 is 10.2 Å². The van der Waals surface area contributed by atoms with Gasteiger partial charge in [0.25, 0.3) is 0 Å². The molecule has 122 valence electrons. The topological polar surface area (TPSA) is 106 Å². The monoisotopic (exact) mass is 370 g/mol. The van der Waals surface area contributed by atoms with Gasteiger partial charge in [-0.05, 0) is 12.1 Å². The minimum Gasteiger partial charge on any atom is -0.477 e. The van der Waals surface area contributed by atoms with Gasteiger partial charge in [0.2, 0.25) is 0 Å². The Labute approximate surface area is 149 Å². The molecule has 0 saturated heterocycles. The van der Waals surface area contributed by atoms with Crippen molar-refractivity contribution in [2.75, 3.05) is 10.2 Å². The Balaban J connectivity index is 2.12. The predicted octanol–water partition coefficient (Wildman–Crippen LogP) is 4.20. The molecule has 0 saturated carbocycles. The van der Waals surface area contributed by atoms with Gasteiger partial charge in [0, 0.05) is 6.20 Å². The highest BCUT2D eigenvalue weighted by molar-refractivity contribution is 7.21. The third kappa shape index (κ3) is 2.14. The first kappa shape index (κ1) is 15.4. The number of carbonyl (C=O) groups is 2. The number of hydrogen-bond donors (Lipinski definition) is 2. The summed E-state index contributed by atoms with van der Waals surface area (Å²) in [6.45, 7) is 0. The van der Waals surface area contributed by atoms with E-state index in [1.807, 2.05) is 6.07 Å². The van der Waals surface area contributed by atoms with Crippen LogP contribution >= 0.6 is 22.9 Å². The molecule has 2 amide bonds. The van der Waals surface area contributed by atoms with Gasteiger partial charge in [0.1, 0.15) is 15.8 Å². The minimum atomic E-state index is -1.17. The first-order chi connectivity index (χ1) is 12.0. The Morgan fingerprint density at radius 3 is 2.84 bits per heavy atom. The number of nitrogens with one attached hydrogen (secondary N) is 1. The van der Waals surface area contributed by atoms with Crippen molar-refractivity contribution in [3.63, 3.8) is 0 Å². The molecule has 9 heteroatoms. The van der Waals surface area contributed by atoms with E-state index >= 15 is 0 Å². The fraction of sp³-hybridized carbons (Fsp3) is 0. The van der Waals surface area contributed by atoms with Gasteiger partial charge in [-0.1, -0.05) is 23.7 Å². The maximum atomic E-state index is 12.7. The van der Waals surface area contributed by atoms with Crippen molar-refractivity contribution in [2.24, 2.45) is 0 Å². The zero-order valence-electron chi connectivity index (χ0n) is 12.3. The average Bonchev–Trinajstić information content (AvgIpc) is 2.96. The number of amides is 2. The number of rotatable bonds is 2. The van der Waals surface area contributed by atoms with E-state index in [0.29, 0.717) is 20.9 Å². The number of urea groups is 1. The fourth-order valence-corrected chi connectivity index (χ4v) is 3.92. The third-order valence-electron chi connectivity index (χ3n) is 3.76. The van der Waals surface area contributed by atoms with E-state index in [2.05, 4.69) is 10.3 Å². The lowest BCUT2D eigenvalue weighted by Crippen LogP contribution is -2.35. The van der Waals surface area contributed by atoms with Gasteiger partial charge in [0.05, 0.1) is 33.0 Å². The quantitative estimate of drug-likeness (QED) is 0.703. The third-order valence-corrected chi connectivity index (χ3v) is 5.16. The number of para-hydroxylation sites is 1. The van der Waals surface area contributed by atoms with Gasteiger partial charge in [-0.2, -0.15) is 5.26 Å². The minimum absolute atomic E-state index is 0.0361. The summed E-state index contributed by atoms with van der Waals surface area (Å²) >= 11 is 7.16. The lowest BCUT2D eigenvalue weighted by molar-refractivity contribution is 0.0703. The second-order valence-corrected chi connectivity index (χ2v) is 6.55. The zero-order valence-corrected chi connectivity index (χ0v) is 13.9. The van der Waals surface area contributed by atoms with Crippen molar-refractivity contribution in [3.8, 4) is 6.07 Å². The van der Waals surface area contributed by atoms with E-state index in [0.717, 1.165) is 11.3 Å². The van der Waals surface area contributed by atoms with Crippen molar-refractivity contribution in [1.82, 2.24) is 4.98 Å². The van der Waals surface area contributed by atoms with Gasteiger partial charge < -0.3 is 10.4 Å². The zero-order chi connectivity index (χ0) is 17.7. The summed E-state index contributed by atoms with van der Waals surface area (Å²) in [7, 11) is 0. The molecule has 7 nitrogen and oxygen atoms in total. The van der Waals surface area contributed by atoms with E-state index in [1.54, 1.807) is 24.3 Å². The largest absolute Gasteiger partial charge is 0.477 e. The first-order valence-corrected chi connectivity index (χ1v) is 8.17. The van der Waals surface area contributed by atoms with Crippen LogP contribution in [0.2, 0.25) is 5.02 Å². The highest BCUT2D eigenvalue weighted by atomic mass is 35.5. The van der Waals surface area contributed by atoms with Crippen LogP contribution in [0.5, 0.6) is 0 Å². The maximum Gasteiger partial charge on any atom is 0.348 e. The molecule has 2 N–H and O–H groups in total. The average molecular weight is 371 g/mol. The number of aromatic nitrogens is 1. The van der Waals surface area contributed by atoms with Gasteiger partial charge in [-0.3, -0.25) is 4.90 Å². The normalized spacial score (nSPS) is 12.8. The molecule has 0 aliphatic carbocycles. The molecule has 1 aliphatic heterocycles. The molecule has 0 fully saturated rings. The smallest absolute Gasteiger partial charge is 0.348 e. The van der Waals surface area contributed by atoms with Gasteiger partial charge in [-0.25, -0.2) is 14.6 Å². The number of pyridine rings is 1. The number of carbonyl (C=O) groups excluding carboxylic acids is 1. The van der Waals surface area contributed by atoms with Crippen LogP contribution in [0.4, 0.5) is 21.9 Å². The van der Waals surface area contributed by atoms with Crippen molar-refractivity contribution in [1.29, 1.82) is 5.26 Å². The van der Waals surface area contributed by atoms with Crippen LogP contribution in [0.3, 0.4) is 0 Å². The van der Waals surface area contributed by atoms with Crippen LogP contribution in [0.15, 0.2) is 30.5 Å². The second kappa shape index (κ2) is 5.44. The number of anilines is 3. The van der Waals surface area contributed by atoms with Gasteiger partial charge >= 0.3 is 12.0 Å². The number of nitriles is 1. The lowest BCUT2D eigenvalue weighted by atomic mass is 10.1. The highest BCUT2D eigenvalue weighted by Gasteiger charge is 2.35. The molecular formula is C16H7ClN4O3S. The number of nitrogens with zero attached hydrogens (tertiary/aromatic N) is 3. The molecule has 25 heavy (non-hydrogen) atoms. The summed E-state index contributed by atoms with van der Waals surface area (Å²) < 4.78 is 0. The van der Waals surface area contributed by atoms with Crippen LogP contribution in [0, 0.1) is 11.3 Å². The Morgan fingerprint density at radius 1 is 1.40 bits per heavy atom. The number of halogens is 1. The molecule has 0 bridgehead atoms. The number of benzene rings is 1. The van der Waals surface area contributed by atoms with Crippen LogP contribution in [-0.4, -0.2) is 22.1 Å². The summed E-state index contributed by atoms with van der Waals surface area (Å²) in [6, 6.07) is 8.12. The SMILES string of the molecule is N#Cc1cnc2sc(C(=O)O)c3c2c1N(c1ccccc1Cl)C(=O)N3. The molecular weight excluding hydrogens is 364 g/mol. The van der Waals surface area contributed by atoms with Crippen molar-refractivity contribution in [3.05, 3.63) is 45.9 Å². The lowest BCUT2D eigenvalue weighted by Gasteiger charge is -2.29. The molecule has 2 aromatic heterocycles. The number of hydrogen-bond acceptors (Lipinski definition) is 5. The molecule has 3 heterocycles. The molecule has 0 radical (unpaired) electrons.